The van der Waals surface area contributed by atoms with E-state index in [2.05, 4.69) is 41.7 Å². The van der Waals surface area contributed by atoms with E-state index in [0.717, 1.165) is 30.8 Å². The van der Waals surface area contributed by atoms with Crippen molar-refractivity contribution in [2.24, 2.45) is 0 Å². The summed E-state index contributed by atoms with van der Waals surface area (Å²) in [5, 5.41) is 5.68. The quantitative estimate of drug-likeness (QED) is 0.843. The van der Waals surface area contributed by atoms with E-state index in [-0.39, 0.29) is 6.04 Å². The van der Waals surface area contributed by atoms with Gasteiger partial charge in [-0.1, -0.05) is 13.0 Å². The zero-order chi connectivity index (χ0) is 14.4. The highest BCUT2D eigenvalue weighted by Crippen LogP contribution is 2.32. The minimum absolute atomic E-state index is 0.264. The lowest BCUT2D eigenvalue weighted by Crippen LogP contribution is -2.24. The molecule has 0 aliphatic carbocycles. The van der Waals surface area contributed by atoms with Gasteiger partial charge in [-0.3, -0.25) is 4.98 Å². The Morgan fingerprint density at radius 3 is 2.85 bits per heavy atom. The van der Waals surface area contributed by atoms with Gasteiger partial charge in [-0.05, 0) is 43.0 Å². The Morgan fingerprint density at radius 1 is 1.35 bits per heavy atom. The van der Waals surface area contributed by atoms with Gasteiger partial charge in [-0.25, -0.2) is 0 Å². The van der Waals surface area contributed by atoms with Crippen molar-refractivity contribution in [2.75, 3.05) is 13.7 Å². The number of rotatable bonds is 7. The fraction of sp³-hybridized carbons (Fsp3) is 0.438. The summed E-state index contributed by atoms with van der Waals surface area (Å²) in [6, 6.07) is 6.52. The predicted molar refractivity (Wildman–Crippen MR) is 84.6 cm³/mol. The minimum Gasteiger partial charge on any atom is -0.496 e. The number of hydrogen-bond donors (Lipinski definition) is 1. The maximum Gasteiger partial charge on any atom is 0.134 e. The largest absolute Gasteiger partial charge is 0.496 e. The fourth-order valence-electron chi connectivity index (χ4n) is 2.14. The molecule has 2 heterocycles. The van der Waals surface area contributed by atoms with E-state index in [9.17, 15) is 0 Å². The van der Waals surface area contributed by atoms with E-state index in [1.54, 1.807) is 18.4 Å². The molecule has 2 aromatic heterocycles. The van der Waals surface area contributed by atoms with Gasteiger partial charge in [0.05, 0.1) is 18.0 Å². The normalized spacial score (nSPS) is 12.3. The number of nitrogens with one attached hydrogen (secondary N) is 1. The molecule has 0 spiro atoms. The molecule has 0 saturated heterocycles. The van der Waals surface area contributed by atoms with Crippen LogP contribution in [0.1, 0.15) is 35.5 Å². The van der Waals surface area contributed by atoms with Crippen LogP contribution in [0.3, 0.4) is 0 Å². The molecule has 108 valence electrons. The molecule has 1 unspecified atom stereocenters. The van der Waals surface area contributed by atoms with Gasteiger partial charge in [0, 0.05) is 18.3 Å². The van der Waals surface area contributed by atoms with Crippen LogP contribution in [-0.2, 0) is 6.42 Å². The Kier molecular flexibility index (Phi) is 5.56. The topological polar surface area (TPSA) is 34.2 Å². The molecule has 2 rings (SSSR count). The van der Waals surface area contributed by atoms with Gasteiger partial charge in [-0.15, -0.1) is 11.3 Å². The van der Waals surface area contributed by atoms with Crippen LogP contribution >= 0.6 is 11.3 Å². The van der Waals surface area contributed by atoms with Crippen molar-refractivity contribution in [3.8, 4) is 5.75 Å². The molecular weight excluding hydrogens is 268 g/mol. The van der Waals surface area contributed by atoms with Crippen LogP contribution in [0.4, 0.5) is 0 Å². The summed E-state index contributed by atoms with van der Waals surface area (Å²) in [6.45, 7) is 5.24. The maximum atomic E-state index is 5.45. The Hall–Kier alpha value is -1.39. The van der Waals surface area contributed by atoms with Crippen molar-refractivity contribution in [1.29, 1.82) is 0 Å². The van der Waals surface area contributed by atoms with E-state index in [1.165, 1.54) is 10.4 Å². The van der Waals surface area contributed by atoms with Gasteiger partial charge in [0.15, 0.2) is 0 Å². The standard InChI is InChI=1S/C16H22N2OS/c1-4-8-17-14(16-15(19-3)7-9-20-16)10-13-6-5-12(2)11-18-13/h5-7,9,11,14,17H,4,8,10H2,1-3H3. The highest BCUT2D eigenvalue weighted by Gasteiger charge is 2.18. The smallest absolute Gasteiger partial charge is 0.134 e. The second kappa shape index (κ2) is 7.41. The molecule has 0 fully saturated rings. The lowest BCUT2D eigenvalue weighted by molar-refractivity contribution is 0.402. The number of pyridine rings is 1. The van der Waals surface area contributed by atoms with Crippen LogP contribution in [0.5, 0.6) is 5.75 Å². The summed E-state index contributed by atoms with van der Waals surface area (Å²) >= 11 is 1.74. The summed E-state index contributed by atoms with van der Waals surface area (Å²) in [4.78, 5) is 5.77. The van der Waals surface area contributed by atoms with Gasteiger partial charge in [-0.2, -0.15) is 0 Å². The van der Waals surface area contributed by atoms with Crippen molar-refractivity contribution in [2.45, 2.75) is 32.7 Å². The third-order valence-corrected chi connectivity index (χ3v) is 4.23. The molecule has 20 heavy (non-hydrogen) atoms. The number of thiophene rings is 1. The lowest BCUT2D eigenvalue weighted by atomic mass is 10.1. The number of nitrogens with zero attached hydrogens (tertiary/aromatic N) is 1. The molecular formula is C16H22N2OS. The van der Waals surface area contributed by atoms with Crippen LogP contribution in [0.2, 0.25) is 0 Å². The van der Waals surface area contributed by atoms with Gasteiger partial charge in [0.1, 0.15) is 5.75 Å². The highest BCUT2D eigenvalue weighted by atomic mass is 32.1. The summed E-state index contributed by atoms with van der Waals surface area (Å²) in [5.74, 6) is 0.968. The molecule has 0 amide bonds. The highest BCUT2D eigenvalue weighted by molar-refractivity contribution is 7.10. The summed E-state index contributed by atoms with van der Waals surface area (Å²) in [7, 11) is 1.73. The first kappa shape index (κ1) is 15.0. The summed E-state index contributed by atoms with van der Waals surface area (Å²) in [5.41, 5.74) is 2.31. The average Bonchev–Trinajstić information content (AvgIpc) is 2.94. The number of aromatic nitrogens is 1. The molecule has 0 aliphatic heterocycles. The fourth-order valence-corrected chi connectivity index (χ4v) is 3.07. The first-order valence-electron chi connectivity index (χ1n) is 7.01. The zero-order valence-electron chi connectivity index (χ0n) is 12.3. The Bertz CT molecular complexity index is 522. The van der Waals surface area contributed by atoms with Crippen molar-refractivity contribution >= 4 is 11.3 Å². The SMILES string of the molecule is CCCNC(Cc1ccc(C)cn1)c1sccc1OC. The van der Waals surface area contributed by atoms with Crippen LogP contribution in [0.25, 0.3) is 0 Å². The molecule has 1 N–H and O–H groups in total. The van der Waals surface area contributed by atoms with E-state index >= 15 is 0 Å². The van der Waals surface area contributed by atoms with Crippen LogP contribution < -0.4 is 10.1 Å². The summed E-state index contributed by atoms with van der Waals surface area (Å²) in [6.07, 6.45) is 3.93. The molecule has 0 bridgehead atoms. The number of methoxy groups -OCH3 is 1. The van der Waals surface area contributed by atoms with Crippen molar-refractivity contribution in [1.82, 2.24) is 10.3 Å². The molecule has 1 atom stereocenters. The Morgan fingerprint density at radius 2 is 2.20 bits per heavy atom. The third-order valence-electron chi connectivity index (χ3n) is 3.22. The van der Waals surface area contributed by atoms with Crippen LogP contribution in [0, 0.1) is 6.92 Å². The van der Waals surface area contributed by atoms with E-state index < -0.39 is 0 Å². The number of aryl methyl sites for hydroxylation is 1. The van der Waals surface area contributed by atoms with E-state index in [4.69, 9.17) is 4.74 Å². The molecule has 4 heteroatoms. The van der Waals surface area contributed by atoms with Gasteiger partial charge in [0.25, 0.3) is 0 Å². The lowest BCUT2D eigenvalue weighted by Gasteiger charge is -2.18. The molecule has 0 radical (unpaired) electrons. The Labute approximate surface area is 125 Å². The van der Waals surface area contributed by atoms with Gasteiger partial charge in [0.2, 0.25) is 0 Å². The average molecular weight is 290 g/mol. The second-order valence-corrected chi connectivity index (χ2v) is 5.84. The monoisotopic (exact) mass is 290 g/mol. The van der Waals surface area contributed by atoms with Gasteiger partial charge >= 0.3 is 0 Å². The molecule has 3 nitrogen and oxygen atoms in total. The van der Waals surface area contributed by atoms with Crippen LogP contribution in [0.15, 0.2) is 29.8 Å². The number of hydrogen-bond acceptors (Lipinski definition) is 4. The van der Waals surface area contributed by atoms with Gasteiger partial charge < -0.3 is 10.1 Å². The molecule has 0 aliphatic rings. The first-order chi connectivity index (χ1) is 9.74. The first-order valence-corrected chi connectivity index (χ1v) is 7.88. The minimum atomic E-state index is 0.264. The van der Waals surface area contributed by atoms with Crippen molar-refractivity contribution in [3.63, 3.8) is 0 Å². The third kappa shape index (κ3) is 3.81. The molecule has 0 saturated carbocycles. The molecule has 0 aromatic carbocycles. The molecule has 2 aromatic rings. The van der Waals surface area contributed by atoms with Crippen molar-refractivity contribution in [3.05, 3.63) is 45.9 Å². The van der Waals surface area contributed by atoms with Crippen LogP contribution in [-0.4, -0.2) is 18.6 Å². The summed E-state index contributed by atoms with van der Waals surface area (Å²) < 4.78 is 5.45. The second-order valence-electron chi connectivity index (χ2n) is 4.89. The maximum absolute atomic E-state index is 5.45. The Balaban J connectivity index is 2.17. The van der Waals surface area contributed by atoms with Crippen molar-refractivity contribution < 1.29 is 4.74 Å². The van der Waals surface area contributed by atoms with E-state index in [1.807, 2.05) is 12.3 Å². The van der Waals surface area contributed by atoms with E-state index in [0.29, 0.717) is 0 Å². The number of ether oxygens (including phenoxy) is 1. The zero-order valence-corrected chi connectivity index (χ0v) is 13.2. The predicted octanol–water partition coefficient (Wildman–Crippen LogP) is 3.74.